The lowest BCUT2D eigenvalue weighted by molar-refractivity contribution is -0.131. The average molecular weight is 237 g/mol. The van der Waals surface area contributed by atoms with Crippen LogP contribution < -0.4 is 5.32 Å². The lowest BCUT2D eigenvalue weighted by atomic mass is 10.1. The van der Waals surface area contributed by atoms with Crippen molar-refractivity contribution in [3.63, 3.8) is 0 Å². The van der Waals surface area contributed by atoms with E-state index in [1.165, 1.54) is 0 Å². The summed E-state index contributed by atoms with van der Waals surface area (Å²) in [7, 11) is 1.83. The van der Waals surface area contributed by atoms with Crippen LogP contribution in [0.2, 0.25) is 0 Å². The standard InChI is InChI=1S/C12H19N3O2/c1-7-11(9(3)17-14-7)8(2)15-6-5-10(13-4)12(15)16/h8,10,13H,5-6H2,1-4H3. The Labute approximate surface area is 101 Å². The van der Waals surface area contributed by atoms with Gasteiger partial charge in [0.2, 0.25) is 5.91 Å². The molecule has 2 heterocycles. The van der Waals surface area contributed by atoms with Crippen LogP contribution in [0.3, 0.4) is 0 Å². The fourth-order valence-corrected chi connectivity index (χ4v) is 2.60. The number of aromatic nitrogens is 1. The molecule has 94 valence electrons. The van der Waals surface area contributed by atoms with Gasteiger partial charge in [-0.15, -0.1) is 0 Å². The smallest absolute Gasteiger partial charge is 0.240 e. The monoisotopic (exact) mass is 237 g/mol. The average Bonchev–Trinajstić information content (AvgIpc) is 2.82. The van der Waals surface area contributed by atoms with Crippen LogP contribution in [0.25, 0.3) is 0 Å². The quantitative estimate of drug-likeness (QED) is 0.857. The number of rotatable bonds is 3. The van der Waals surface area contributed by atoms with E-state index in [-0.39, 0.29) is 18.0 Å². The largest absolute Gasteiger partial charge is 0.361 e. The van der Waals surface area contributed by atoms with Crippen LogP contribution in [0.5, 0.6) is 0 Å². The molecule has 1 saturated heterocycles. The van der Waals surface area contributed by atoms with E-state index < -0.39 is 0 Å². The van der Waals surface area contributed by atoms with Crippen molar-refractivity contribution in [3.8, 4) is 0 Å². The van der Waals surface area contributed by atoms with Gasteiger partial charge < -0.3 is 14.7 Å². The molecule has 1 fully saturated rings. The van der Waals surface area contributed by atoms with E-state index in [0.717, 1.165) is 30.0 Å². The number of carbonyl (C=O) groups excluding carboxylic acids is 1. The molecule has 17 heavy (non-hydrogen) atoms. The maximum atomic E-state index is 12.1. The molecule has 1 amide bonds. The van der Waals surface area contributed by atoms with Crippen molar-refractivity contribution in [3.05, 3.63) is 17.0 Å². The summed E-state index contributed by atoms with van der Waals surface area (Å²) in [6.45, 7) is 6.62. The number of aryl methyl sites for hydroxylation is 2. The highest BCUT2D eigenvalue weighted by atomic mass is 16.5. The Morgan fingerprint density at radius 3 is 2.71 bits per heavy atom. The lowest BCUT2D eigenvalue weighted by Gasteiger charge is -2.24. The number of hydrogen-bond donors (Lipinski definition) is 1. The Kier molecular flexibility index (Phi) is 3.19. The van der Waals surface area contributed by atoms with Crippen LogP contribution in [0.15, 0.2) is 4.52 Å². The Morgan fingerprint density at radius 2 is 2.24 bits per heavy atom. The molecule has 1 aliphatic rings. The van der Waals surface area contributed by atoms with E-state index in [9.17, 15) is 4.79 Å². The molecular formula is C12H19N3O2. The van der Waals surface area contributed by atoms with Crippen molar-refractivity contribution in [1.29, 1.82) is 0 Å². The highest BCUT2D eigenvalue weighted by molar-refractivity contribution is 5.84. The zero-order valence-electron chi connectivity index (χ0n) is 10.8. The lowest BCUT2D eigenvalue weighted by Crippen LogP contribution is -2.37. The summed E-state index contributed by atoms with van der Waals surface area (Å²) in [5.74, 6) is 0.968. The van der Waals surface area contributed by atoms with Gasteiger partial charge in [-0.05, 0) is 34.2 Å². The number of carbonyl (C=O) groups is 1. The molecule has 1 aliphatic heterocycles. The maximum absolute atomic E-state index is 12.1. The van der Waals surface area contributed by atoms with Gasteiger partial charge in [0.15, 0.2) is 0 Å². The predicted octanol–water partition coefficient (Wildman–Crippen LogP) is 1.17. The van der Waals surface area contributed by atoms with Crippen molar-refractivity contribution in [1.82, 2.24) is 15.4 Å². The van der Waals surface area contributed by atoms with Crippen molar-refractivity contribution in [2.24, 2.45) is 0 Å². The molecule has 2 unspecified atom stereocenters. The molecule has 5 nitrogen and oxygen atoms in total. The van der Waals surface area contributed by atoms with Crippen LogP contribution in [0.1, 0.15) is 36.4 Å². The minimum atomic E-state index is -0.0436. The van der Waals surface area contributed by atoms with Gasteiger partial charge in [0, 0.05) is 12.1 Å². The fraction of sp³-hybridized carbons (Fsp3) is 0.667. The molecule has 0 aliphatic carbocycles. The Hall–Kier alpha value is -1.36. The molecule has 0 bridgehead atoms. The molecule has 5 heteroatoms. The molecule has 0 spiro atoms. The number of nitrogens with zero attached hydrogens (tertiary/aromatic N) is 2. The van der Waals surface area contributed by atoms with Gasteiger partial charge in [0.05, 0.1) is 17.8 Å². The number of hydrogen-bond acceptors (Lipinski definition) is 4. The first-order chi connectivity index (χ1) is 8.06. The summed E-state index contributed by atoms with van der Waals surface area (Å²) in [4.78, 5) is 14.0. The summed E-state index contributed by atoms with van der Waals surface area (Å²) >= 11 is 0. The third kappa shape index (κ3) is 1.95. The van der Waals surface area contributed by atoms with Crippen LogP contribution >= 0.6 is 0 Å². The van der Waals surface area contributed by atoms with E-state index >= 15 is 0 Å². The van der Waals surface area contributed by atoms with Crippen LogP contribution in [-0.4, -0.2) is 35.6 Å². The van der Waals surface area contributed by atoms with Gasteiger partial charge in [-0.2, -0.15) is 0 Å². The highest BCUT2D eigenvalue weighted by Crippen LogP contribution is 2.29. The molecule has 0 saturated carbocycles. The first-order valence-corrected chi connectivity index (χ1v) is 5.96. The van der Waals surface area contributed by atoms with Crippen molar-refractivity contribution in [2.75, 3.05) is 13.6 Å². The van der Waals surface area contributed by atoms with Gasteiger partial charge in [-0.1, -0.05) is 5.16 Å². The van der Waals surface area contributed by atoms with Gasteiger partial charge in [0.25, 0.3) is 0 Å². The van der Waals surface area contributed by atoms with E-state index in [1.807, 2.05) is 32.7 Å². The number of likely N-dealkylation sites (tertiary alicyclic amines) is 1. The first kappa shape index (κ1) is 12.1. The zero-order chi connectivity index (χ0) is 12.6. The topological polar surface area (TPSA) is 58.4 Å². The summed E-state index contributed by atoms with van der Waals surface area (Å²) in [6.07, 6.45) is 0.864. The Bertz CT molecular complexity index is 408. The second-order valence-corrected chi connectivity index (χ2v) is 4.58. The van der Waals surface area contributed by atoms with E-state index in [0.29, 0.717) is 0 Å². The summed E-state index contributed by atoms with van der Waals surface area (Å²) in [5.41, 5.74) is 1.91. The van der Waals surface area contributed by atoms with Gasteiger partial charge >= 0.3 is 0 Å². The second kappa shape index (κ2) is 4.49. The number of amides is 1. The molecule has 2 rings (SSSR count). The van der Waals surface area contributed by atoms with Crippen molar-refractivity contribution in [2.45, 2.75) is 39.3 Å². The van der Waals surface area contributed by atoms with Gasteiger partial charge in [-0.3, -0.25) is 4.79 Å². The zero-order valence-corrected chi connectivity index (χ0v) is 10.8. The Balaban J connectivity index is 2.22. The second-order valence-electron chi connectivity index (χ2n) is 4.58. The summed E-state index contributed by atoms with van der Waals surface area (Å²) in [6, 6.07) is -0.00924. The fourth-order valence-electron chi connectivity index (χ4n) is 2.60. The highest BCUT2D eigenvalue weighted by Gasteiger charge is 2.35. The molecule has 1 aromatic rings. The minimum Gasteiger partial charge on any atom is -0.361 e. The molecule has 0 radical (unpaired) electrons. The summed E-state index contributed by atoms with van der Waals surface area (Å²) in [5, 5.41) is 6.99. The maximum Gasteiger partial charge on any atom is 0.240 e. The molecule has 1 N–H and O–H groups in total. The third-order valence-electron chi connectivity index (χ3n) is 3.56. The normalized spacial score (nSPS) is 22.2. The molecular weight excluding hydrogens is 218 g/mol. The Morgan fingerprint density at radius 1 is 1.53 bits per heavy atom. The third-order valence-corrected chi connectivity index (χ3v) is 3.56. The molecule has 2 atom stereocenters. The van der Waals surface area contributed by atoms with Crippen LogP contribution in [-0.2, 0) is 4.79 Å². The summed E-state index contributed by atoms with van der Waals surface area (Å²) < 4.78 is 5.16. The first-order valence-electron chi connectivity index (χ1n) is 5.96. The molecule has 1 aromatic heterocycles. The van der Waals surface area contributed by atoms with Gasteiger partial charge in [-0.25, -0.2) is 0 Å². The SMILES string of the molecule is CNC1CCN(C(C)c2c(C)noc2C)C1=O. The minimum absolute atomic E-state index is 0.0344. The van der Waals surface area contributed by atoms with E-state index in [2.05, 4.69) is 10.5 Å². The van der Waals surface area contributed by atoms with E-state index in [4.69, 9.17) is 4.52 Å². The predicted molar refractivity (Wildman–Crippen MR) is 63.6 cm³/mol. The van der Waals surface area contributed by atoms with Crippen LogP contribution in [0.4, 0.5) is 0 Å². The van der Waals surface area contributed by atoms with Gasteiger partial charge in [0.1, 0.15) is 5.76 Å². The van der Waals surface area contributed by atoms with E-state index in [1.54, 1.807) is 0 Å². The van der Waals surface area contributed by atoms with Crippen LogP contribution in [0, 0.1) is 13.8 Å². The molecule has 0 aromatic carbocycles. The van der Waals surface area contributed by atoms with Crippen molar-refractivity contribution >= 4 is 5.91 Å². The number of nitrogens with one attached hydrogen (secondary N) is 1. The van der Waals surface area contributed by atoms with Crippen molar-refractivity contribution < 1.29 is 9.32 Å². The number of likely N-dealkylation sites (N-methyl/N-ethyl adjacent to an activating group) is 1.